The van der Waals surface area contributed by atoms with Crippen LogP contribution in [0.2, 0.25) is 0 Å². The summed E-state index contributed by atoms with van der Waals surface area (Å²) in [7, 11) is 3.76. The molecule has 1 aromatic rings. The molecule has 6 heteroatoms. The summed E-state index contributed by atoms with van der Waals surface area (Å²) in [4.78, 5) is 6.70. The topological polar surface area (TPSA) is 58.1 Å². The van der Waals surface area contributed by atoms with Crippen molar-refractivity contribution in [3.63, 3.8) is 0 Å². The van der Waals surface area contributed by atoms with E-state index in [-0.39, 0.29) is 0 Å². The molecule has 0 saturated carbocycles. The van der Waals surface area contributed by atoms with E-state index < -0.39 is 0 Å². The smallest absolute Gasteiger partial charge is 0.192 e. The van der Waals surface area contributed by atoms with Crippen LogP contribution in [0.4, 0.5) is 0 Å². The number of methoxy groups -OCH3 is 1. The van der Waals surface area contributed by atoms with E-state index in [1.807, 2.05) is 31.2 Å². The number of hydrogen-bond donors (Lipinski definition) is 2. The molecule has 1 rings (SSSR count). The monoisotopic (exact) mass is 346 g/mol. The molecule has 25 heavy (non-hydrogen) atoms. The molecule has 0 fully saturated rings. The van der Waals surface area contributed by atoms with Crippen molar-refractivity contribution in [1.82, 2.24) is 15.5 Å². The average molecular weight is 346 g/mol. The van der Waals surface area contributed by atoms with Gasteiger partial charge in [-0.15, -0.1) is 6.42 Å². The van der Waals surface area contributed by atoms with Gasteiger partial charge in [0.15, 0.2) is 5.96 Å². The van der Waals surface area contributed by atoms with Gasteiger partial charge >= 0.3 is 0 Å². The summed E-state index contributed by atoms with van der Waals surface area (Å²) < 4.78 is 10.9. The standard InChI is InChI=1S/C19H30N4O2/c1-5-10-21-19(20-6-2)22-16-17-8-7-9-18(15-17)25-14-12-23(3)11-13-24-4/h1,7-9,15H,6,10-14,16H2,2-4H3,(H2,20,21,22). The van der Waals surface area contributed by atoms with Gasteiger partial charge in [0.25, 0.3) is 0 Å². The molecular weight excluding hydrogens is 316 g/mol. The van der Waals surface area contributed by atoms with E-state index in [0.29, 0.717) is 25.7 Å². The molecule has 0 unspecified atom stereocenters. The molecule has 0 aliphatic carbocycles. The van der Waals surface area contributed by atoms with Gasteiger partial charge in [-0.25, -0.2) is 4.99 Å². The molecule has 0 spiro atoms. The van der Waals surface area contributed by atoms with Crippen molar-refractivity contribution in [3.05, 3.63) is 29.8 Å². The van der Waals surface area contributed by atoms with Crippen LogP contribution in [0.1, 0.15) is 12.5 Å². The number of hydrogen-bond acceptors (Lipinski definition) is 4. The molecule has 0 amide bonds. The fourth-order valence-electron chi connectivity index (χ4n) is 2.06. The van der Waals surface area contributed by atoms with Crippen LogP contribution in [0, 0.1) is 12.3 Å². The van der Waals surface area contributed by atoms with Crippen molar-refractivity contribution >= 4 is 5.96 Å². The molecule has 0 saturated heterocycles. The summed E-state index contributed by atoms with van der Waals surface area (Å²) in [5, 5.41) is 6.24. The maximum absolute atomic E-state index is 5.83. The van der Waals surface area contributed by atoms with Crippen molar-refractivity contribution in [2.45, 2.75) is 13.5 Å². The van der Waals surface area contributed by atoms with E-state index in [1.54, 1.807) is 7.11 Å². The number of aliphatic imine (C=N–C) groups is 1. The second kappa shape index (κ2) is 13.1. The Balaban J connectivity index is 2.49. The Morgan fingerprint density at radius 3 is 2.80 bits per heavy atom. The minimum Gasteiger partial charge on any atom is -0.492 e. The third kappa shape index (κ3) is 9.60. The zero-order valence-electron chi connectivity index (χ0n) is 15.5. The minimum atomic E-state index is 0.450. The van der Waals surface area contributed by atoms with Crippen molar-refractivity contribution in [2.75, 3.05) is 53.6 Å². The van der Waals surface area contributed by atoms with E-state index in [2.05, 4.69) is 33.5 Å². The van der Waals surface area contributed by atoms with Gasteiger partial charge in [-0.2, -0.15) is 0 Å². The highest BCUT2D eigenvalue weighted by Gasteiger charge is 2.01. The first-order valence-corrected chi connectivity index (χ1v) is 8.54. The van der Waals surface area contributed by atoms with E-state index in [9.17, 15) is 0 Å². The lowest BCUT2D eigenvalue weighted by molar-refractivity contribution is 0.150. The summed E-state index contributed by atoms with van der Waals surface area (Å²) in [6.45, 7) is 6.93. The van der Waals surface area contributed by atoms with Crippen LogP contribution in [0.3, 0.4) is 0 Å². The average Bonchev–Trinajstić information content (AvgIpc) is 2.62. The molecule has 6 nitrogen and oxygen atoms in total. The summed E-state index contributed by atoms with van der Waals surface area (Å²) in [5.41, 5.74) is 1.09. The van der Waals surface area contributed by atoms with Crippen molar-refractivity contribution < 1.29 is 9.47 Å². The largest absolute Gasteiger partial charge is 0.492 e. The van der Waals surface area contributed by atoms with Crippen LogP contribution in [0.5, 0.6) is 5.75 Å². The molecule has 0 radical (unpaired) electrons. The Morgan fingerprint density at radius 1 is 1.28 bits per heavy atom. The Labute approximate surface area is 151 Å². The number of nitrogens with one attached hydrogen (secondary N) is 2. The zero-order valence-corrected chi connectivity index (χ0v) is 15.5. The highest BCUT2D eigenvalue weighted by molar-refractivity contribution is 5.79. The first kappa shape index (κ1) is 20.8. The van der Waals surface area contributed by atoms with Crippen molar-refractivity contribution in [1.29, 1.82) is 0 Å². The normalized spacial score (nSPS) is 11.2. The molecule has 0 bridgehead atoms. The second-order valence-corrected chi connectivity index (χ2v) is 5.54. The minimum absolute atomic E-state index is 0.450. The van der Waals surface area contributed by atoms with E-state index in [1.165, 1.54) is 0 Å². The van der Waals surface area contributed by atoms with Gasteiger partial charge in [0, 0.05) is 26.7 Å². The van der Waals surface area contributed by atoms with Crippen molar-refractivity contribution in [3.8, 4) is 18.1 Å². The number of ether oxygens (including phenoxy) is 2. The molecule has 138 valence electrons. The third-order valence-electron chi connectivity index (χ3n) is 3.44. The SMILES string of the molecule is C#CCNC(=NCc1cccc(OCCN(C)CCOC)c1)NCC. The van der Waals surface area contributed by atoms with Gasteiger partial charge in [-0.05, 0) is 31.7 Å². The maximum Gasteiger partial charge on any atom is 0.192 e. The predicted molar refractivity (Wildman–Crippen MR) is 103 cm³/mol. The fourth-order valence-corrected chi connectivity index (χ4v) is 2.06. The van der Waals surface area contributed by atoms with Crippen LogP contribution < -0.4 is 15.4 Å². The van der Waals surface area contributed by atoms with E-state index in [4.69, 9.17) is 15.9 Å². The number of rotatable bonds is 11. The third-order valence-corrected chi connectivity index (χ3v) is 3.44. The van der Waals surface area contributed by atoms with Crippen LogP contribution in [0.25, 0.3) is 0 Å². The summed E-state index contributed by atoms with van der Waals surface area (Å²) in [6.07, 6.45) is 5.27. The van der Waals surface area contributed by atoms with Crippen molar-refractivity contribution in [2.24, 2.45) is 4.99 Å². The van der Waals surface area contributed by atoms with Crippen LogP contribution in [0.15, 0.2) is 29.3 Å². The zero-order chi connectivity index (χ0) is 18.3. The van der Waals surface area contributed by atoms with E-state index in [0.717, 1.165) is 37.6 Å². The summed E-state index contributed by atoms with van der Waals surface area (Å²) in [6, 6.07) is 8.00. The fraction of sp³-hybridized carbons (Fsp3) is 0.526. The molecule has 0 aliphatic rings. The lowest BCUT2D eigenvalue weighted by Gasteiger charge is -2.16. The van der Waals surface area contributed by atoms with Gasteiger partial charge in [0.1, 0.15) is 12.4 Å². The molecule has 0 aromatic heterocycles. The summed E-state index contributed by atoms with van der Waals surface area (Å²) in [5.74, 6) is 4.12. The van der Waals surface area contributed by atoms with Gasteiger partial charge in [-0.1, -0.05) is 18.1 Å². The first-order chi connectivity index (χ1) is 12.2. The molecular formula is C19H30N4O2. The van der Waals surface area contributed by atoms with Crippen LogP contribution >= 0.6 is 0 Å². The number of nitrogens with zero attached hydrogens (tertiary/aromatic N) is 2. The number of benzene rings is 1. The van der Waals surface area contributed by atoms with Gasteiger partial charge in [0.2, 0.25) is 0 Å². The van der Waals surface area contributed by atoms with E-state index >= 15 is 0 Å². The maximum atomic E-state index is 5.83. The Morgan fingerprint density at radius 2 is 2.08 bits per heavy atom. The molecule has 2 N–H and O–H groups in total. The Kier molecular flexibility index (Phi) is 10.9. The molecule has 0 aliphatic heterocycles. The van der Waals surface area contributed by atoms with Crippen LogP contribution in [-0.4, -0.2) is 64.4 Å². The first-order valence-electron chi connectivity index (χ1n) is 8.54. The quantitative estimate of drug-likeness (QED) is 0.360. The number of terminal acetylenes is 1. The Bertz CT molecular complexity index is 555. The number of guanidine groups is 1. The lowest BCUT2D eigenvalue weighted by atomic mass is 10.2. The summed E-state index contributed by atoms with van der Waals surface area (Å²) >= 11 is 0. The van der Waals surface area contributed by atoms with Gasteiger partial charge in [0.05, 0.1) is 19.7 Å². The Hall–Kier alpha value is -2.23. The molecule has 0 heterocycles. The highest BCUT2D eigenvalue weighted by atomic mass is 16.5. The molecule has 1 aromatic carbocycles. The highest BCUT2D eigenvalue weighted by Crippen LogP contribution is 2.14. The number of likely N-dealkylation sites (N-methyl/N-ethyl adjacent to an activating group) is 1. The van der Waals surface area contributed by atoms with Gasteiger partial charge in [-0.3, -0.25) is 0 Å². The van der Waals surface area contributed by atoms with Gasteiger partial charge < -0.3 is 25.0 Å². The predicted octanol–water partition coefficient (Wildman–Crippen LogP) is 1.33. The van der Waals surface area contributed by atoms with Crippen LogP contribution in [-0.2, 0) is 11.3 Å². The lowest BCUT2D eigenvalue weighted by Crippen LogP contribution is -2.37. The molecule has 0 atom stereocenters. The second-order valence-electron chi connectivity index (χ2n) is 5.54.